The molecule has 3 heterocycles. The van der Waals surface area contributed by atoms with E-state index in [-0.39, 0.29) is 29.6 Å². The standard InChI is InChI=1S/C26H21N5O4/c1-16-12-19(30-25(32)20-4-2-3-5-21(20)26(30)33)9-11-29(16)24-14-18(6-7-23(24)31(34)35)22-13-17(15-27)8-10-28-22/h2-8,10,13-14,16,19H,9,11-12H2,1H3/t16-,19-/m0/s1. The highest BCUT2D eigenvalue weighted by Gasteiger charge is 2.42. The van der Waals surface area contributed by atoms with Gasteiger partial charge in [0.25, 0.3) is 17.5 Å². The molecule has 35 heavy (non-hydrogen) atoms. The smallest absolute Gasteiger partial charge is 0.292 e. The molecule has 0 N–H and O–H groups in total. The van der Waals surface area contributed by atoms with Gasteiger partial charge in [-0.3, -0.25) is 29.6 Å². The lowest BCUT2D eigenvalue weighted by atomic mass is 9.95. The van der Waals surface area contributed by atoms with Crippen LogP contribution in [0.2, 0.25) is 0 Å². The molecule has 2 atom stereocenters. The number of carbonyl (C=O) groups is 2. The molecular formula is C26H21N5O4. The Balaban J connectivity index is 1.43. The van der Waals surface area contributed by atoms with Crippen molar-refractivity contribution in [3.05, 3.63) is 87.6 Å². The van der Waals surface area contributed by atoms with E-state index >= 15 is 0 Å². The van der Waals surface area contributed by atoms with Crippen molar-refractivity contribution in [2.75, 3.05) is 11.4 Å². The second kappa shape index (κ2) is 8.65. The molecule has 3 aromatic rings. The molecule has 0 spiro atoms. The van der Waals surface area contributed by atoms with E-state index in [1.807, 2.05) is 11.8 Å². The first-order valence-corrected chi connectivity index (χ1v) is 11.3. The zero-order chi connectivity index (χ0) is 24.7. The molecule has 174 valence electrons. The lowest BCUT2D eigenvalue weighted by Crippen LogP contribution is -2.51. The van der Waals surface area contributed by atoms with Gasteiger partial charge in [0.2, 0.25) is 0 Å². The molecule has 2 amide bonds. The molecule has 0 bridgehead atoms. The Kier molecular flexibility index (Phi) is 5.49. The Morgan fingerprint density at radius 2 is 1.80 bits per heavy atom. The van der Waals surface area contributed by atoms with E-state index < -0.39 is 4.92 Å². The van der Waals surface area contributed by atoms with Gasteiger partial charge in [0.1, 0.15) is 5.69 Å². The summed E-state index contributed by atoms with van der Waals surface area (Å²) < 4.78 is 0. The van der Waals surface area contributed by atoms with E-state index in [9.17, 15) is 25.0 Å². The fourth-order valence-corrected chi connectivity index (χ4v) is 5.00. The molecule has 5 rings (SSSR count). The van der Waals surface area contributed by atoms with Crippen LogP contribution in [0.4, 0.5) is 11.4 Å². The minimum Gasteiger partial charge on any atom is -0.363 e. The van der Waals surface area contributed by atoms with Crippen LogP contribution in [0.5, 0.6) is 0 Å². The van der Waals surface area contributed by atoms with Crippen LogP contribution in [0.25, 0.3) is 11.3 Å². The maximum Gasteiger partial charge on any atom is 0.292 e. The number of nitro benzene ring substituents is 1. The number of carbonyl (C=O) groups excluding carboxylic acids is 2. The molecule has 1 fully saturated rings. The van der Waals surface area contributed by atoms with Crippen molar-refractivity contribution < 1.29 is 14.5 Å². The average Bonchev–Trinajstić information content (AvgIpc) is 3.13. The summed E-state index contributed by atoms with van der Waals surface area (Å²) in [6, 6.07) is 16.5. The summed E-state index contributed by atoms with van der Waals surface area (Å²) in [5.74, 6) is -0.569. The van der Waals surface area contributed by atoms with Gasteiger partial charge in [0.05, 0.1) is 33.4 Å². The number of fused-ring (bicyclic) bond motifs is 1. The number of imide groups is 1. The van der Waals surface area contributed by atoms with Gasteiger partial charge in [0, 0.05) is 36.5 Å². The first-order valence-electron chi connectivity index (χ1n) is 11.3. The highest BCUT2D eigenvalue weighted by atomic mass is 16.6. The number of nitro groups is 1. The minimum atomic E-state index is -0.415. The van der Waals surface area contributed by atoms with E-state index in [4.69, 9.17) is 0 Å². The zero-order valence-corrected chi connectivity index (χ0v) is 18.9. The summed E-state index contributed by atoms with van der Waals surface area (Å²) in [5.41, 5.74) is 2.92. The Bertz CT molecular complexity index is 1380. The van der Waals surface area contributed by atoms with Gasteiger partial charge in [-0.25, -0.2) is 0 Å². The van der Waals surface area contributed by atoms with Crippen molar-refractivity contribution in [2.45, 2.75) is 31.8 Å². The topological polar surface area (TPSA) is 120 Å². The number of amides is 2. The Morgan fingerprint density at radius 3 is 2.43 bits per heavy atom. The number of nitriles is 1. The quantitative estimate of drug-likeness (QED) is 0.321. The van der Waals surface area contributed by atoms with E-state index in [0.29, 0.717) is 53.0 Å². The van der Waals surface area contributed by atoms with Gasteiger partial charge in [-0.15, -0.1) is 0 Å². The lowest BCUT2D eigenvalue weighted by molar-refractivity contribution is -0.384. The van der Waals surface area contributed by atoms with Crippen LogP contribution in [0.15, 0.2) is 60.8 Å². The monoisotopic (exact) mass is 467 g/mol. The highest BCUT2D eigenvalue weighted by molar-refractivity contribution is 6.21. The molecule has 9 nitrogen and oxygen atoms in total. The average molecular weight is 467 g/mol. The summed E-state index contributed by atoms with van der Waals surface area (Å²) in [4.78, 5) is 44.9. The highest BCUT2D eigenvalue weighted by Crippen LogP contribution is 2.38. The first-order chi connectivity index (χ1) is 16.9. The van der Waals surface area contributed by atoms with Gasteiger partial charge in [-0.05, 0) is 56.2 Å². The molecule has 1 saturated heterocycles. The van der Waals surface area contributed by atoms with Gasteiger partial charge < -0.3 is 4.90 Å². The van der Waals surface area contributed by atoms with E-state index in [0.717, 1.165) is 0 Å². The second-order valence-electron chi connectivity index (χ2n) is 8.75. The van der Waals surface area contributed by atoms with Crippen LogP contribution < -0.4 is 4.90 Å². The molecule has 0 unspecified atom stereocenters. The molecule has 9 heteroatoms. The number of nitrogens with zero attached hydrogens (tertiary/aromatic N) is 5. The summed E-state index contributed by atoms with van der Waals surface area (Å²) in [5, 5.41) is 21.0. The van der Waals surface area contributed by atoms with E-state index in [2.05, 4.69) is 11.1 Å². The predicted molar refractivity (Wildman–Crippen MR) is 128 cm³/mol. The number of hydrogen-bond donors (Lipinski definition) is 0. The lowest BCUT2D eigenvalue weighted by Gasteiger charge is -2.41. The van der Waals surface area contributed by atoms with E-state index in [1.54, 1.807) is 48.5 Å². The van der Waals surface area contributed by atoms with Crippen LogP contribution in [0.3, 0.4) is 0 Å². The largest absolute Gasteiger partial charge is 0.363 e. The number of aromatic nitrogens is 1. The van der Waals surface area contributed by atoms with Crippen molar-refractivity contribution >= 4 is 23.2 Å². The van der Waals surface area contributed by atoms with Crippen LogP contribution in [-0.4, -0.2) is 45.2 Å². The maximum absolute atomic E-state index is 12.9. The van der Waals surface area contributed by atoms with Gasteiger partial charge in [-0.2, -0.15) is 5.26 Å². The minimum absolute atomic E-state index is 0.0313. The molecule has 2 aromatic carbocycles. The second-order valence-corrected chi connectivity index (χ2v) is 8.75. The third kappa shape index (κ3) is 3.79. The van der Waals surface area contributed by atoms with Crippen molar-refractivity contribution in [1.29, 1.82) is 5.26 Å². The number of rotatable bonds is 4. The van der Waals surface area contributed by atoms with Gasteiger partial charge in [0.15, 0.2) is 0 Å². The zero-order valence-electron chi connectivity index (χ0n) is 18.9. The maximum atomic E-state index is 12.9. The van der Waals surface area contributed by atoms with Crippen molar-refractivity contribution in [1.82, 2.24) is 9.88 Å². The summed E-state index contributed by atoms with van der Waals surface area (Å²) >= 11 is 0. The molecule has 2 aliphatic heterocycles. The van der Waals surface area contributed by atoms with Crippen LogP contribution in [-0.2, 0) is 0 Å². The summed E-state index contributed by atoms with van der Waals surface area (Å²) in [7, 11) is 0. The molecule has 0 radical (unpaired) electrons. The molecule has 2 aliphatic rings. The predicted octanol–water partition coefficient (Wildman–Crippen LogP) is 4.18. The normalized spacial score (nSPS) is 19.4. The number of pyridine rings is 1. The summed E-state index contributed by atoms with van der Waals surface area (Å²) in [6.45, 7) is 2.38. The number of anilines is 1. The number of benzene rings is 2. The Morgan fingerprint density at radius 1 is 1.09 bits per heavy atom. The third-order valence-corrected chi connectivity index (χ3v) is 6.71. The van der Waals surface area contributed by atoms with Gasteiger partial charge >= 0.3 is 0 Å². The van der Waals surface area contributed by atoms with E-state index in [1.165, 1.54) is 17.2 Å². The van der Waals surface area contributed by atoms with Crippen molar-refractivity contribution in [2.24, 2.45) is 0 Å². The van der Waals surface area contributed by atoms with Crippen LogP contribution in [0.1, 0.15) is 46.0 Å². The Hall–Kier alpha value is -4.58. The third-order valence-electron chi connectivity index (χ3n) is 6.71. The number of piperidine rings is 1. The van der Waals surface area contributed by atoms with Crippen molar-refractivity contribution in [3.8, 4) is 17.3 Å². The van der Waals surface area contributed by atoms with Crippen LogP contribution in [0, 0.1) is 21.4 Å². The SMILES string of the molecule is C[C@H]1C[C@@H](N2C(=O)c3ccccc3C2=O)CCN1c1cc(-c2cc(C#N)ccn2)ccc1[N+](=O)[O-]. The number of hydrogen-bond acceptors (Lipinski definition) is 7. The fourth-order valence-electron chi connectivity index (χ4n) is 5.00. The molecular weight excluding hydrogens is 446 g/mol. The first kappa shape index (κ1) is 22.2. The fraction of sp³-hybridized carbons (Fsp3) is 0.231. The van der Waals surface area contributed by atoms with Crippen molar-refractivity contribution in [3.63, 3.8) is 0 Å². The molecule has 0 saturated carbocycles. The molecule has 0 aliphatic carbocycles. The van der Waals surface area contributed by atoms with Gasteiger partial charge in [-0.1, -0.05) is 12.1 Å². The summed E-state index contributed by atoms with van der Waals surface area (Å²) in [6.07, 6.45) is 2.53. The molecule has 1 aromatic heterocycles. The Labute approximate surface area is 201 Å². The van der Waals surface area contributed by atoms with Crippen LogP contribution >= 0.6 is 0 Å².